The number of hydrogen-bond acceptors (Lipinski definition) is 4. The van der Waals surface area contributed by atoms with Crippen LogP contribution >= 0.6 is 0 Å². The summed E-state index contributed by atoms with van der Waals surface area (Å²) in [5.74, 6) is 1.18. The summed E-state index contributed by atoms with van der Waals surface area (Å²) in [6.07, 6.45) is 2.79. The molecule has 24 heavy (non-hydrogen) atoms. The summed E-state index contributed by atoms with van der Waals surface area (Å²) in [7, 11) is 2.14. The van der Waals surface area contributed by atoms with Crippen molar-refractivity contribution in [1.29, 1.82) is 0 Å². The van der Waals surface area contributed by atoms with Gasteiger partial charge in [-0.2, -0.15) is 0 Å². The predicted molar refractivity (Wildman–Crippen MR) is 98.1 cm³/mol. The summed E-state index contributed by atoms with van der Waals surface area (Å²) >= 11 is 0. The zero-order valence-corrected chi connectivity index (χ0v) is 14.8. The van der Waals surface area contributed by atoms with Crippen LogP contribution in [0.15, 0.2) is 24.3 Å². The molecule has 2 aromatic rings. The summed E-state index contributed by atoms with van der Waals surface area (Å²) < 4.78 is 2.25. The van der Waals surface area contributed by atoms with Crippen LogP contribution in [0, 0.1) is 0 Å². The van der Waals surface area contributed by atoms with Gasteiger partial charge in [-0.25, -0.2) is 4.98 Å². The predicted octanol–water partition coefficient (Wildman–Crippen LogP) is 1.79. The molecule has 4 rings (SSSR count). The number of piperazine rings is 1. The van der Waals surface area contributed by atoms with Crippen LogP contribution in [-0.2, 0) is 13.6 Å². The highest BCUT2D eigenvalue weighted by molar-refractivity contribution is 5.75. The highest BCUT2D eigenvalue weighted by atomic mass is 15.3. The van der Waals surface area contributed by atoms with E-state index in [1.54, 1.807) is 0 Å². The number of nitrogens with zero attached hydrogens (tertiary/aromatic N) is 5. The first-order valence-corrected chi connectivity index (χ1v) is 9.37. The Morgan fingerprint density at radius 3 is 2.17 bits per heavy atom. The first kappa shape index (κ1) is 16.1. The Labute approximate surface area is 144 Å². The Balaban J connectivity index is 1.28. The molecule has 130 valence electrons. The fraction of sp³-hybridized carbons (Fsp3) is 0.632. The van der Waals surface area contributed by atoms with Gasteiger partial charge in [0.1, 0.15) is 5.82 Å². The third-order valence-electron chi connectivity index (χ3n) is 5.64. The highest BCUT2D eigenvalue weighted by Gasteiger charge is 2.20. The normalized spacial score (nSPS) is 21.0. The van der Waals surface area contributed by atoms with Gasteiger partial charge >= 0.3 is 0 Å². The van der Waals surface area contributed by atoms with Crippen LogP contribution in [0.3, 0.4) is 0 Å². The van der Waals surface area contributed by atoms with Gasteiger partial charge in [0.15, 0.2) is 0 Å². The molecule has 0 spiro atoms. The van der Waals surface area contributed by atoms with E-state index in [1.807, 2.05) is 0 Å². The van der Waals surface area contributed by atoms with Gasteiger partial charge in [-0.05, 0) is 38.1 Å². The van der Waals surface area contributed by atoms with Gasteiger partial charge in [-0.3, -0.25) is 9.80 Å². The summed E-state index contributed by atoms with van der Waals surface area (Å²) in [5, 5.41) is 0. The van der Waals surface area contributed by atoms with Crippen molar-refractivity contribution in [2.45, 2.75) is 19.4 Å². The third-order valence-corrected chi connectivity index (χ3v) is 5.64. The minimum atomic E-state index is 0.963. The summed E-state index contributed by atoms with van der Waals surface area (Å²) in [5.41, 5.74) is 2.34. The molecule has 1 aromatic heterocycles. The van der Waals surface area contributed by atoms with Crippen LogP contribution in [0.1, 0.15) is 18.7 Å². The molecule has 0 saturated carbocycles. The quantitative estimate of drug-likeness (QED) is 0.837. The van der Waals surface area contributed by atoms with E-state index in [1.165, 1.54) is 63.5 Å². The maximum Gasteiger partial charge on any atom is 0.123 e. The van der Waals surface area contributed by atoms with Gasteiger partial charge in [-0.15, -0.1) is 0 Å². The number of aryl methyl sites for hydroxylation is 1. The van der Waals surface area contributed by atoms with Crippen molar-refractivity contribution >= 4 is 11.0 Å². The lowest BCUT2D eigenvalue weighted by Gasteiger charge is -2.35. The molecule has 0 bridgehead atoms. The highest BCUT2D eigenvalue weighted by Crippen LogP contribution is 2.16. The second-order valence-electron chi connectivity index (χ2n) is 7.24. The van der Waals surface area contributed by atoms with Crippen molar-refractivity contribution in [2.75, 3.05) is 52.4 Å². The SMILES string of the molecule is Cn1c(CN2CCN(CCN3CCCC3)CC2)nc2ccccc21. The van der Waals surface area contributed by atoms with Crippen molar-refractivity contribution in [3.63, 3.8) is 0 Å². The van der Waals surface area contributed by atoms with E-state index < -0.39 is 0 Å². The topological polar surface area (TPSA) is 27.5 Å². The second-order valence-corrected chi connectivity index (χ2v) is 7.24. The van der Waals surface area contributed by atoms with Crippen LogP contribution in [0.25, 0.3) is 11.0 Å². The molecule has 0 N–H and O–H groups in total. The van der Waals surface area contributed by atoms with Crippen molar-refractivity contribution in [3.05, 3.63) is 30.1 Å². The molecule has 2 aliphatic rings. The molecule has 2 aliphatic heterocycles. The number of hydrogen-bond donors (Lipinski definition) is 0. The minimum absolute atomic E-state index is 0.963. The lowest BCUT2D eigenvalue weighted by molar-refractivity contribution is 0.115. The number of benzene rings is 1. The number of aromatic nitrogens is 2. The maximum absolute atomic E-state index is 4.82. The van der Waals surface area contributed by atoms with E-state index in [0.29, 0.717) is 0 Å². The van der Waals surface area contributed by atoms with Crippen LogP contribution in [0.2, 0.25) is 0 Å². The standard InChI is InChI=1S/C19H29N5/c1-21-18-7-3-2-6-17(18)20-19(21)16-24-14-12-23(13-15-24)11-10-22-8-4-5-9-22/h2-3,6-7H,4-5,8-16H2,1H3. The second kappa shape index (κ2) is 7.21. The Bertz CT molecular complexity index is 665. The van der Waals surface area contributed by atoms with E-state index in [-0.39, 0.29) is 0 Å². The molecular weight excluding hydrogens is 298 g/mol. The first-order chi connectivity index (χ1) is 11.8. The summed E-state index contributed by atoms with van der Waals surface area (Å²) in [4.78, 5) is 12.6. The smallest absolute Gasteiger partial charge is 0.123 e. The number of rotatable bonds is 5. The molecule has 5 heteroatoms. The van der Waals surface area contributed by atoms with Crippen molar-refractivity contribution in [1.82, 2.24) is 24.3 Å². The number of fused-ring (bicyclic) bond motifs is 1. The van der Waals surface area contributed by atoms with Crippen molar-refractivity contribution < 1.29 is 0 Å². The number of likely N-dealkylation sites (tertiary alicyclic amines) is 1. The third kappa shape index (κ3) is 3.48. The molecule has 2 fully saturated rings. The molecular formula is C19H29N5. The lowest BCUT2D eigenvalue weighted by Crippen LogP contribution is -2.48. The molecule has 0 radical (unpaired) electrons. The molecule has 3 heterocycles. The van der Waals surface area contributed by atoms with Gasteiger partial charge in [0.2, 0.25) is 0 Å². The fourth-order valence-electron chi connectivity index (χ4n) is 4.00. The monoisotopic (exact) mass is 327 g/mol. The van der Waals surface area contributed by atoms with E-state index in [0.717, 1.165) is 25.2 Å². The van der Waals surface area contributed by atoms with E-state index in [9.17, 15) is 0 Å². The van der Waals surface area contributed by atoms with Gasteiger partial charge in [0, 0.05) is 46.3 Å². The lowest BCUT2D eigenvalue weighted by atomic mass is 10.3. The van der Waals surface area contributed by atoms with Crippen molar-refractivity contribution in [3.8, 4) is 0 Å². The van der Waals surface area contributed by atoms with Gasteiger partial charge in [0.25, 0.3) is 0 Å². The van der Waals surface area contributed by atoms with Crippen molar-refractivity contribution in [2.24, 2.45) is 7.05 Å². The average Bonchev–Trinajstić information content (AvgIpc) is 3.24. The zero-order valence-electron chi connectivity index (χ0n) is 14.8. The molecule has 0 atom stereocenters. The van der Waals surface area contributed by atoms with E-state index >= 15 is 0 Å². The van der Waals surface area contributed by atoms with Crippen LogP contribution < -0.4 is 0 Å². The largest absolute Gasteiger partial charge is 0.330 e. The van der Waals surface area contributed by atoms with Gasteiger partial charge in [0.05, 0.1) is 17.6 Å². The maximum atomic E-state index is 4.82. The molecule has 5 nitrogen and oxygen atoms in total. The first-order valence-electron chi connectivity index (χ1n) is 9.37. The summed E-state index contributed by atoms with van der Waals surface area (Å²) in [6.45, 7) is 10.8. The Morgan fingerprint density at radius 1 is 0.833 bits per heavy atom. The molecule has 0 unspecified atom stereocenters. The Kier molecular flexibility index (Phi) is 4.83. The number of para-hydroxylation sites is 2. The Hall–Kier alpha value is -1.43. The molecule has 1 aromatic carbocycles. The van der Waals surface area contributed by atoms with Crippen LogP contribution in [0.5, 0.6) is 0 Å². The molecule has 0 amide bonds. The Morgan fingerprint density at radius 2 is 1.46 bits per heavy atom. The minimum Gasteiger partial charge on any atom is -0.330 e. The average molecular weight is 327 g/mol. The molecule has 0 aliphatic carbocycles. The zero-order chi connectivity index (χ0) is 16.4. The fourth-order valence-corrected chi connectivity index (χ4v) is 4.00. The number of imidazole rings is 1. The summed E-state index contributed by atoms with van der Waals surface area (Å²) in [6, 6.07) is 8.42. The van der Waals surface area contributed by atoms with Gasteiger partial charge in [-0.1, -0.05) is 12.1 Å². The van der Waals surface area contributed by atoms with Crippen LogP contribution in [-0.4, -0.2) is 76.6 Å². The molecule has 2 saturated heterocycles. The van der Waals surface area contributed by atoms with Crippen LogP contribution in [0.4, 0.5) is 0 Å². The van der Waals surface area contributed by atoms with E-state index in [4.69, 9.17) is 4.98 Å². The van der Waals surface area contributed by atoms with Gasteiger partial charge < -0.3 is 9.47 Å². The van der Waals surface area contributed by atoms with E-state index in [2.05, 4.69) is 50.6 Å².